The molecule has 1 aliphatic rings. The number of benzene rings is 2. The molecule has 1 heterocycles. The first-order valence-corrected chi connectivity index (χ1v) is 8.93. The van der Waals surface area contributed by atoms with E-state index < -0.39 is 0 Å². The van der Waals surface area contributed by atoms with Crippen molar-refractivity contribution in [1.29, 1.82) is 0 Å². The second-order valence-corrected chi connectivity index (χ2v) is 6.56. The number of nitrogens with one attached hydrogen (secondary N) is 2. The molecule has 3 rings (SSSR count). The summed E-state index contributed by atoms with van der Waals surface area (Å²) < 4.78 is 0. The van der Waals surface area contributed by atoms with E-state index in [0.717, 1.165) is 25.9 Å². The number of amides is 1. The molecule has 1 unspecified atom stereocenters. The smallest absolute Gasteiger partial charge is 0.220 e. The maximum atomic E-state index is 11.9. The van der Waals surface area contributed by atoms with Crippen molar-refractivity contribution in [3.8, 4) is 11.1 Å². The quantitative estimate of drug-likeness (QED) is 0.820. The molecule has 1 aliphatic heterocycles. The second-order valence-electron chi connectivity index (χ2n) is 6.56. The summed E-state index contributed by atoms with van der Waals surface area (Å²) >= 11 is 0. The Balaban J connectivity index is 1.44. The lowest BCUT2D eigenvalue weighted by molar-refractivity contribution is -0.121. The number of rotatable bonds is 7. The predicted octanol–water partition coefficient (Wildman–Crippen LogP) is 3.40. The van der Waals surface area contributed by atoms with Crippen LogP contribution in [0.1, 0.15) is 24.8 Å². The highest BCUT2D eigenvalue weighted by Crippen LogP contribution is 2.20. The minimum atomic E-state index is 0.182. The van der Waals surface area contributed by atoms with Gasteiger partial charge in [0.1, 0.15) is 0 Å². The van der Waals surface area contributed by atoms with Gasteiger partial charge in [-0.2, -0.15) is 0 Å². The van der Waals surface area contributed by atoms with Crippen molar-refractivity contribution in [2.45, 2.75) is 25.7 Å². The molecule has 1 amide bonds. The Labute approximate surface area is 144 Å². The summed E-state index contributed by atoms with van der Waals surface area (Å²) in [7, 11) is 0. The van der Waals surface area contributed by atoms with E-state index in [1.165, 1.54) is 23.1 Å². The van der Waals surface area contributed by atoms with E-state index in [1.807, 2.05) is 6.07 Å². The summed E-state index contributed by atoms with van der Waals surface area (Å²) in [6, 6.07) is 19.0. The Morgan fingerprint density at radius 1 is 1.08 bits per heavy atom. The van der Waals surface area contributed by atoms with Gasteiger partial charge in [0, 0.05) is 13.0 Å². The lowest BCUT2D eigenvalue weighted by Crippen LogP contribution is -2.26. The molecule has 2 N–H and O–H groups in total. The molecule has 0 spiro atoms. The van der Waals surface area contributed by atoms with Crippen molar-refractivity contribution in [2.75, 3.05) is 19.6 Å². The minimum absolute atomic E-state index is 0.182. The van der Waals surface area contributed by atoms with Crippen molar-refractivity contribution in [2.24, 2.45) is 5.92 Å². The summed E-state index contributed by atoms with van der Waals surface area (Å²) in [5.74, 6) is 0.861. The van der Waals surface area contributed by atoms with Gasteiger partial charge in [-0.3, -0.25) is 4.79 Å². The SMILES string of the molecule is O=C(CCC1CCNC1)NCCc1cccc(-c2ccccc2)c1. The number of hydrogen-bond acceptors (Lipinski definition) is 2. The summed E-state index contributed by atoms with van der Waals surface area (Å²) in [5.41, 5.74) is 3.72. The fourth-order valence-electron chi connectivity index (χ4n) is 3.27. The van der Waals surface area contributed by atoms with E-state index in [2.05, 4.69) is 59.2 Å². The Kier molecular flexibility index (Phi) is 6.02. The summed E-state index contributed by atoms with van der Waals surface area (Å²) in [6.45, 7) is 2.88. The van der Waals surface area contributed by atoms with Crippen LogP contribution in [0.2, 0.25) is 0 Å². The largest absolute Gasteiger partial charge is 0.356 e. The highest BCUT2D eigenvalue weighted by molar-refractivity contribution is 5.75. The van der Waals surface area contributed by atoms with Crippen LogP contribution in [0.4, 0.5) is 0 Å². The first kappa shape index (κ1) is 16.7. The summed E-state index contributed by atoms with van der Waals surface area (Å²) in [4.78, 5) is 11.9. The number of hydrogen-bond donors (Lipinski definition) is 2. The van der Waals surface area contributed by atoms with Crippen molar-refractivity contribution >= 4 is 5.91 Å². The van der Waals surface area contributed by atoms with Gasteiger partial charge in [-0.15, -0.1) is 0 Å². The molecule has 24 heavy (non-hydrogen) atoms. The molecule has 1 saturated heterocycles. The molecule has 3 nitrogen and oxygen atoms in total. The fraction of sp³-hybridized carbons (Fsp3) is 0.381. The van der Waals surface area contributed by atoms with Crippen molar-refractivity contribution in [3.63, 3.8) is 0 Å². The zero-order valence-electron chi connectivity index (χ0n) is 14.1. The predicted molar refractivity (Wildman–Crippen MR) is 98.8 cm³/mol. The van der Waals surface area contributed by atoms with Gasteiger partial charge in [0.15, 0.2) is 0 Å². The van der Waals surface area contributed by atoms with Crippen molar-refractivity contribution in [3.05, 3.63) is 60.2 Å². The molecule has 0 aliphatic carbocycles. The fourth-order valence-corrected chi connectivity index (χ4v) is 3.27. The van der Waals surface area contributed by atoms with Gasteiger partial charge in [0.05, 0.1) is 0 Å². The van der Waals surface area contributed by atoms with E-state index in [1.54, 1.807) is 0 Å². The standard InChI is InChI=1S/C21H26N2O/c24-21(10-9-18-11-13-22-16-18)23-14-12-17-5-4-8-20(15-17)19-6-2-1-3-7-19/h1-8,15,18,22H,9-14,16H2,(H,23,24). The minimum Gasteiger partial charge on any atom is -0.356 e. The zero-order chi connectivity index (χ0) is 16.6. The van der Waals surface area contributed by atoms with Gasteiger partial charge in [-0.05, 0) is 55.0 Å². The van der Waals surface area contributed by atoms with E-state index >= 15 is 0 Å². The molecule has 0 radical (unpaired) electrons. The van der Waals surface area contributed by atoms with Gasteiger partial charge in [-0.1, -0.05) is 54.6 Å². The lowest BCUT2D eigenvalue weighted by atomic mass is 10.0. The Hall–Kier alpha value is -2.13. The molecular formula is C21H26N2O. The monoisotopic (exact) mass is 322 g/mol. The van der Waals surface area contributed by atoms with E-state index in [9.17, 15) is 4.79 Å². The molecule has 2 aromatic carbocycles. The highest BCUT2D eigenvalue weighted by atomic mass is 16.1. The van der Waals surface area contributed by atoms with Crippen LogP contribution < -0.4 is 10.6 Å². The van der Waals surface area contributed by atoms with E-state index in [0.29, 0.717) is 18.9 Å². The zero-order valence-corrected chi connectivity index (χ0v) is 14.1. The van der Waals surface area contributed by atoms with Crippen LogP contribution >= 0.6 is 0 Å². The summed E-state index contributed by atoms with van der Waals surface area (Å²) in [5, 5.41) is 6.40. The molecule has 0 bridgehead atoms. The lowest BCUT2D eigenvalue weighted by Gasteiger charge is -2.09. The van der Waals surface area contributed by atoms with Gasteiger partial charge in [0.2, 0.25) is 5.91 Å². The van der Waals surface area contributed by atoms with Crippen molar-refractivity contribution in [1.82, 2.24) is 10.6 Å². The van der Waals surface area contributed by atoms with Gasteiger partial charge in [-0.25, -0.2) is 0 Å². The summed E-state index contributed by atoms with van der Waals surface area (Å²) in [6.07, 6.45) is 3.73. The third-order valence-corrected chi connectivity index (χ3v) is 4.71. The van der Waals surface area contributed by atoms with Crippen molar-refractivity contribution < 1.29 is 4.79 Å². The maximum absolute atomic E-state index is 11.9. The maximum Gasteiger partial charge on any atom is 0.220 e. The first-order valence-electron chi connectivity index (χ1n) is 8.93. The molecule has 0 saturated carbocycles. The molecule has 3 heteroatoms. The van der Waals surface area contributed by atoms with Gasteiger partial charge >= 0.3 is 0 Å². The van der Waals surface area contributed by atoms with Crippen LogP contribution in [0.5, 0.6) is 0 Å². The van der Waals surface area contributed by atoms with Crippen LogP contribution in [0.25, 0.3) is 11.1 Å². The van der Waals surface area contributed by atoms with Crippen LogP contribution in [0.3, 0.4) is 0 Å². The molecule has 0 aromatic heterocycles. The molecular weight excluding hydrogens is 296 g/mol. The van der Waals surface area contributed by atoms with Gasteiger partial charge in [0.25, 0.3) is 0 Å². The average Bonchev–Trinajstić information content (AvgIpc) is 3.15. The van der Waals surface area contributed by atoms with Gasteiger partial charge < -0.3 is 10.6 Å². The molecule has 1 atom stereocenters. The number of carbonyl (C=O) groups is 1. The van der Waals surface area contributed by atoms with Crippen LogP contribution in [0.15, 0.2) is 54.6 Å². The Morgan fingerprint density at radius 2 is 1.92 bits per heavy atom. The molecule has 1 fully saturated rings. The third-order valence-electron chi connectivity index (χ3n) is 4.71. The van der Waals surface area contributed by atoms with Crippen LogP contribution in [-0.2, 0) is 11.2 Å². The average molecular weight is 322 g/mol. The highest BCUT2D eigenvalue weighted by Gasteiger charge is 2.15. The number of carbonyl (C=O) groups excluding carboxylic acids is 1. The van der Waals surface area contributed by atoms with Crippen LogP contribution in [0, 0.1) is 5.92 Å². The van der Waals surface area contributed by atoms with E-state index in [-0.39, 0.29) is 5.91 Å². The second kappa shape index (κ2) is 8.65. The molecule has 2 aromatic rings. The Morgan fingerprint density at radius 3 is 2.71 bits per heavy atom. The van der Waals surface area contributed by atoms with Crippen LogP contribution in [-0.4, -0.2) is 25.5 Å². The molecule has 126 valence electrons. The third kappa shape index (κ3) is 4.93. The Bertz CT molecular complexity index is 648. The normalized spacial score (nSPS) is 16.9. The topological polar surface area (TPSA) is 41.1 Å². The first-order chi connectivity index (χ1) is 11.8. The van der Waals surface area contributed by atoms with E-state index in [4.69, 9.17) is 0 Å².